The third kappa shape index (κ3) is 6.25. The molecule has 3 nitrogen and oxygen atoms in total. The Morgan fingerprint density at radius 2 is 1.72 bits per heavy atom. The van der Waals surface area contributed by atoms with E-state index in [1.165, 1.54) is 37.7 Å². The normalized spacial score (nSPS) is 23.5. The van der Waals surface area contributed by atoms with Crippen LogP contribution in [0, 0.1) is 0 Å². The molecule has 1 aromatic rings. The van der Waals surface area contributed by atoms with Gasteiger partial charge in [0, 0.05) is 6.42 Å². The molecular weight excluding hydrogens is 312 g/mol. The number of hydrogen-bond donors (Lipinski definition) is 1. The van der Waals surface area contributed by atoms with Crippen LogP contribution in [-0.2, 0) is 15.9 Å². The van der Waals surface area contributed by atoms with Crippen LogP contribution in [0.4, 0.5) is 0 Å². The number of aliphatic hydroxyl groups is 1. The van der Waals surface area contributed by atoms with E-state index in [-0.39, 0.29) is 12.2 Å². The zero-order chi connectivity index (χ0) is 18.3. The van der Waals surface area contributed by atoms with Crippen molar-refractivity contribution in [2.45, 2.75) is 89.8 Å². The highest BCUT2D eigenvalue weighted by atomic mass is 16.7. The van der Waals surface area contributed by atoms with Crippen LogP contribution < -0.4 is 0 Å². The van der Waals surface area contributed by atoms with Gasteiger partial charge in [0.2, 0.25) is 0 Å². The van der Waals surface area contributed by atoms with E-state index >= 15 is 0 Å². The molecule has 3 atom stereocenters. The van der Waals surface area contributed by atoms with Crippen molar-refractivity contribution in [2.75, 3.05) is 0 Å². The maximum atomic E-state index is 9.81. The molecule has 1 fully saturated rings. The van der Waals surface area contributed by atoms with E-state index in [2.05, 4.69) is 25.6 Å². The molecular formula is C22H34O3. The Morgan fingerprint density at radius 1 is 1.08 bits per heavy atom. The van der Waals surface area contributed by atoms with Crippen molar-refractivity contribution in [1.29, 1.82) is 0 Å². The van der Waals surface area contributed by atoms with Gasteiger partial charge in [-0.2, -0.15) is 0 Å². The highest BCUT2D eigenvalue weighted by Gasteiger charge is 2.40. The third-order valence-electron chi connectivity index (χ3n) is 4.86. The van der Waals surface area contributed by atoms with Crippen molar-refractivity contribution < 1.29 is 14.6 Å². The van der Waals surface area contributed by atoms with Crippen LogP contribution in [-0.4, -0.2) is 23.1 Å². The quantitative estimate of drug-likeness (QED) is 0.460. The Hall–Kier alpha value is -1.16. The van der Waals surface area contributed by atoms with E-state index in [9.17, 15) is 5.11 Å². The Bertz CT molecular complexity index is 521. The Labute approximate surface area is 153 Å². The van der Waals surface area contributed by atoms with Gasteiger partial charge in [0.25, 0.3) is 0 Å². The lowest BCUT2D eigenvalue weighted by Crippen LogP contribution is -2.25. The third-order valence-corrected chi connectivity index (χ3v) is 4.86. The number of hydrogen-bond acceptors (Lipinski definition) is 3. The minimum atomic E-state index is -0.602. The van der Waals surface area contributed by atoms with E-state index in [0.29, 0.717) is 0 Å². The maximum Gasteiger partial charge on any atom is 0.163 e. The molecule has 1 aromatic carbocycles. The first-order chi connectivity index (χ1) is 11.9. The molecule has 0 bridgehead atoms. The van der Waals surface area contributed by atoms with Gasteiger partial charge in [0.15, 0.2) is 5.79 Å². The topological polar surface area (TPSA) is 38.7 Å². The van der Waals surface area contributed by atoms with Crippen LogP contribution >= 0.6 is 0 Å². The van der Waals surface area contributed by atoms with E-state index in [1.54, 1.807) is 6.08 Å². The Balaban J connectivity index is 1.91. The molecule has 1 aliphatic rings. The summed E-state index contributed by atoms with van der Waals surface area (Å²) in [6.45, 7) is 9.87. The zero-order valence-electron chi connectivity index (χ0n) is 16.0. The van der Waals surface area contributed by atoms with Crippen LogP contribution in [0.3, 0.4) is 0 Å². The van der Waals surface area contributed by atoms with Crippen molar-refractivity contribution in [3.8, 4) is 0 Å². The average molecular weight is 347 g/mol. The summed E-state index contributed by atoms with van der Waals surface area (Å²) < 4.78 is 12.3. The molecule has 0 amide bonds. The standard InChI is InChI=1S/C22H34O3/c1-5-7-8-9-10-11-20-21(25-22(3,4)24-20)16-17-12-14-18(15-13-17)19(23)6-2/h6,12-15,19-21,23H,2,5,7-11,16H2,1,3-4H3. The molecule has 0 spiro atoms. The summed E-state index contributed by atoms with van der Waals surface area (Å²) in [6.07, 6.45) is 9.47. The van der Waals surface area contributed by atoms with Gasteiger partial charge in [-0.15, -0.1) is 6.58 Å². The van der Waals surface area contributed by atoms with Crippen LogP contribution in [0.5, 0.6) is 0 Å². The number of ether oxygens (including phenoxy) is 2. The molecule has 0 radical (unpaired) electrons. The van der Waals surface area contributed by atoms with Gasteiger partial charge in [-0.25, -0.2) is 0 Å². The Morgan fingerprint density at radius 3 is 2.36 bits per heavy atom. The van der Waals surface area contributed by atoms with E-state index < -0.39 is 11.9 Å². The lowest BCUT2D eigenvalue weighted by Gasteiger charge is -2.17. The first kappa shape index (κ1) is 20.2. The predicted octanol–water partition coefficient (Wildman–Crippen LogP) is 5.33. The molecule has 1 heterocycles. The smallest absolute Gasteiger partial charge is 0.163 e. The van der Waals surface area contributed by atoms with Gasteiger partial charge in [-0.3, -0.25) is 0 Å². The first-order valence-electron chi connectivity index (χ1n) is 9.70. The van der Waals surface area contributed by atoms with Crippen molar-refractivity contribution in [3.63, 3.8) is 0 Å². The van der Waals surface area contributed by atoms with Gasteiger partial charge in [0.1, 0.15) is 0 Å². The number of rotatable bonds is 10. The Kier molecular flexibility index (Phi) is 7.67. The average Bonchev–Trinajstić information content (AvgIpc) is 2.88. The van der Waals surface area contributed by atoms with Gasteiger partial charge in [-0.05, 0) is 31.4 Å². The second kappa shape index (κ2) is 9.51. The summed E-state index contributed by atoms with van der Waals surface area (Å²) in [5, 5.41) is 9.81. The summed E-state index contributed by atoms with van der Waals surface area (Å²) in [7, 11) is 0. The van der Waals surface area contributed by atoms with E-state index in [4.69, 9.17) is 9.47 Å². The molecule has 0 aromatic heterocycles. The van der Waals surface area contributed by atoms with E-state index in [1.807, 2.05) is 26.0 Å². The summed E-state index contributed by atoms with van der Waals surface area (Å²) >= 11 is 0. The van der Waals surface area contributed by atoms with Gasteiger partial charge >= 0.3 is 0 Å². The number of aliphatic hydroxyl groups excluding tert-OH is 1. The molecule has 2 rings (SSSR count). The highest BCUT2D eigenvalue weighted by Crippen LogP contribution is 2.33. The van der Waals surface area contributed by atoms with Gasteiger partial charge < -0.3 is 14.6 Å². The lowest BCUT2D eigenvalue weighted by molar-refractivity contribution is -0.146. The second-order valence-corrected chi connectivity index (χ2v) is 7.54. The first-order valence-corrected chi connectivity index (χ1v) is 9.70. The van der Waals surface area contributed by atoms with Crippen molar-refractivity contribution in [2.24, 2.45) is 0 Å². The van der Waals surface area contributed by atoms with Gasteiger partial charge in [0.05, 0.1) is 18.3 Å². The van der Waals surface area contributed by atoms with Crippen LogP contribution in [0.2, 0.25) is 0 Å². The van der Waals surface area contributed by atoms with Crippen molar-refractivity contribution in [1.82, 2.24) is 0 Å². The molecule has 3 unspecified atom stereocenters. The minimum Gasteiger partial charge on any atom is -0.384 e. The molecule has 0 aliphatic carbocycles. The maximum absolute atomic E-state index is 9.81. The lowest BCUT2D eigenvalue weighted by atomic mass is 9.98. The van der Waals surface area contributed by atoms with Crippen LogP contribution in [0.1, 0.15) is 76.5 Å². The minimum absolute atomic E-state index is 0.0938. The molecule has 1 aliphatic heterocycles. The SMILES string of the molecule is C=CC(O)c1ccc(CC2OC(C)(C)OC2CCCCCCC)cc1. The second-order valence-electron chi connectivity index (χ2n) is 7.54. The zero-order valence-corrected chi connectivity index (χ0v) is 16.0. The van der Waals surface area contributed by atoms with Crippen molar-refractivity contribution >= 4 is 0 Å². The summed E-state index contributed by atoms with van der Waals surface area (Å²) in [4.78, 5) is 0. The molecule has 25 heavy (non-hydrogen) atoms. The molecule has 140 valence electrons. The molecule has 3 heteroatoms. The van der Waals surface area contributed by atoms with Crippen molar-refractivity contribution in [3.05, 3.63) is 48.0 Å². The molecule has 1 N–H and O–H groups in total. The highest BCUT2D eigenvalue weighted by molar-refractivity contribution is 5.26. The fourth-order valence-electron chi connectivity index (χ4n) is 3.49. The molecule has 1 saturated heterocycles. The van der Waals surface area contributed by atoms with E-state index in [0.717, 1.165) is 18.4 Å². The monoisotopic (exact) mass is 346 g/mol. The summed E-state index contributed by atoms with van der Waals surface area (Å²) in [5.74, 6) is -0.502. The van der Waals surface area contributed by atoms with Crippen LogP contribution in [0.25, 0.3) is 0 Å². The van der Waals surface area contributed by atoms with Gasteiger partial charge in [-0.1, -0.05) is 69.4 Å². The fourth-order valence-corrected chi connectivity index (χ4v) is 3.49. The largest absolute Gasteiger partial charge is 0.384 e. The van der Waals surface area contributed by atoms with Crippen LogP contribution in [0.15, 0.2) is 36.9 Å². The summed E-state index contributed by atoms with van der Waals surface area (Å²) in [6, 6.07) is 8.05. The molecule has 0 saturated carbocycles. The summed E-state index contributed by atoms with van der Waals surface area (Å²) in [5.41, 5.74) is 2.08. The predicted molar refractivity (Wildman–Crippen MR) is 103 cm³/mol. The fraction of sp³-hybridized carbons (Fsp3) is 0.636. The number of benzene rings is 1. The number of unbranched alkanes of at least 4 members (excludes halogenated alkanes) is 4.